The Morgan fingerprint density at radius 1 is 1.27 bits per heavy atom. The number of pyridine rings is 1. The number of aromatic nitrogens is 3. The van der Waals surface area contributed by atoms with Crippen molar-refractivity contribution in [2.75, 3.05) is 19.7 Å². The number of nitrogens with zero attached hydrogens (tertiary/aromatic N) is 3. The summed E-state index contributed by atoms with van der Waals surface area (Å²) in [4.78, 5) is 30.4. The molecule has 0 aromatic carbocycles. The predicted molar refractivity (Wildman–Crippen MR) is 107 cm³/mol. The van der Waals surface area contributed by atoms with Gasteiger partial charge in [0, 0.05) is 30.9 Å². The average Bonchev–Trinajstić information content (AvgIpc) is 3.49. The summed E-state index contributed by atoms with van der Waals surface area (Å²) in [6.07, 6.45) is 6.40. The number of aromatic amines is 1. The Kier molecular flexibility index (Phi) is 6.07. The van der Waals surface area contributed by atoms with E-state index in [1.807, 2.05) is 0 Å². The monoisotopic (exact) mass is 409 g/mol. The molecular weight excluding hydrogens is 386 g/mol. The smallest absolute Gasteiger partial charge is 0.272 e. The lowest BCUT2D eigenvalue weighted by atomic mass is 9.93. The number of carbonyl (C=O) groups excluding carboxylic acids is 2. The highest BCUT2D eigenvalue weighted by atomic mass is 16.5. The van der Waals surface area contributed by atoms with E-state index in [0.29, 0.717) is 36.8 Å². The second-order valence-corrected chi connectivity index (χ2v) is 7.10. The number of nitrogens with one attached hydrogen (secondary N) is 2. The van der Waals surface area contributed by atoms with Crippen LogP contribution in [0.25, 0.3) is 0 Å². The van der Waals surface area contributed by atoms with E-state index in [0.717, 1.165) is 18.5 Å². The Bertz CT molecular complexity index is 962. The van der Waals surface area contributed by atoms with Crippen molar-refractivity contribution < 1.29 is 18.7 Å². The van der Waals surface area contributed by atoms with Gasteiger partial charge in [-0.05, 0) is 43.2 Å². The molecule has 3 aromatic heterocycles. The molecular formula is C21H23N5O4. The number of furan rings is 1. The molecule has 0 bridgehead atoms. The minimum Gasteiger partial charge on any atom is -0.482 e. The molecule has 0 aliphatic carbocycles. The average molecular weight is 409 g/mol. The van der Waals surface area contributed by atoms with E-state index in [1.165, 1.54) is 0 Å². The molecule has 1 fully saturated rings. The standard InChI is InChI=1S/C21H23N5O4/c27-20(14-30-16-3-1-7-22-12-16)26-8-5-15(6-9-26)18-11-19(25-24-18)21(28)23-13-17-4-2-10-29-17/h1-4,7,10-12,15H,5-6,8-9,13-14H2,(H,23,28)(H,24,25). The summed E-state index contributed by atoms with van der Waals surface area (Å²) in [5.41, 5.74) is 1.26. The molecule has 0 saturated carbocycles. The lowest BCUT2D eigenvalue weighted by Gasteiger charge is -2.31. The minimum atomic E-state index is -0.255. The van der Waals surface area contributed by atoms with Gasteiger partial charge in [0.1, 0.15) is 17.2 Å². The van der Waals surface area contributed by atoms with Crippen LogP contribution in [0.3, 0.4) is 0 Å². The molecule has 30 heavy (non-hydrogen) atoms. The van der Waals surface area contributed by atoms with Crippen LogP contribution in [0, 0.1) is 0 Å². The fraction of sp³-hybridized carbons (Fsp3) is 0.333. The molecule has 1 aliphatic heterocycles. The number of amides is 2. The maximum Gasteiger partial charge on any atom is 0.272 e. The SMILES string of the molecule is O=C(NCc1ccco1)c1cc(C2CCN(C(=O)COc3cccnc3)CC2)[nH]n1. The first-order valence-corrected chi connectivity index (χ1v) is 9.85. The summed E-state index contributed by atoms with van der Waals surface area (Å²) >= 11 is 0. The summed E-state index contributed by atoms with van der Waals surface area (Å²) in [5.74, 6) is 1.20. The molecule has 9 heteroatoms. The lowest BCUT2D eigenvalue weighted by molar-refractivity contribution is -0.134. The minimum absolute atomic E-state index is 0.000402. The van der Waals surface area contributed by atoms with E-state index in [4.69, 9.17) is 9.15 Å². The third-order valence-corrected chi connectivity index (χ3v) is 5.12. The number of piperidine rings is 1. The van der Waals surface area contributed by atoms with Crippen molar-refractivity contribution in [3.8, 4) is 5.75 Å². The molecule has 4 heterocycles. The maximum absolute atomic E-state index is 12.4. The van der Waals surface area contributed by atoms with Crippen molar-refractivity contribution in [3.63, 3.8) is 0 Å². The quantitative estimate of drug-likeness (QED) is 0.618. The molecule has 0 radical (unpaired) electrons. The van der Waals surface area contributed by atoms with Crippen LogP contribution in [0.15, 0.2) is 53.4 Å². The molecule has 1 aliphatic rings. The van der Waals surface area contributed by atoms with E-state index in [9.17, 15) is 9.59 Å². The van der Waals surface area contributed by atoms with Gasteiger partial charge in [0.2, 0.25) is 0 Å². The van der Waals surface area contributed by atoms with Crippen LogP contribution in [-0.2, 0) is 11.3 Å². The van der Waals surface area contributed by atoms with Gasteiger partial charge in [0.05, 0.1) is 19.0 Å². The highest BCUT2D eigenvalue weighted by Crippen LogP contribution is 2.27. The van der Waals surface area contributed by atoms with Crippen LogP contribution in [0.4, 0.5) is 0 Å². The molecule has 2 amide bonds. The number of carbonyl (C=O) groups is 2. The topological polar surface area (TPSA) is 113 Å². The number of H-pyrrole nitrogens is 1. The fourth-order valence-corrected chi connectivity index (χ4v) is 3.44. The van der Waals surface area contributed by atoms with Gasteiger partial charge in [-0.15, -0.1) is 0 Å². The molecule has 0 atom stereocenters. The van der Waals surface area contributed by atoms with Gasteiger partial charge in [0.15, 0.2) is 6.61 Å². The van der Waals surface area contributed by atoms with Crippen molar-refractivity contribution >= 4 is 11.8 Å². The summed E-state index contributed by atoms with van der Waals surface area (Å²) in [6.45, 7) is 1.59. The highest BCUT2D eigenvalue weighted by molar-refractivity contribution is 5.92. The fourth-order valence-electron chi connectivity index (χ4n) is 3.44. The number of hydrogen-bond donors (Lipinski definition) is 2. The number of hydrogen-bond acceptors (Lipinski definition) is 6. The van der Waals surface area contributed by atoms with Crippen LogP contribution in [0.1, 0.15) is 40.7 Å². The molecule has 9 nitrogen and oxygen atoms in total. The first-order valence-electron chi connectivity index (χ1n) is 9.85. The van der Waals surface area contributed by atoms with Crippen LogP contribution >= 0.6 is 0 Å². The molecule has 0 spiro atoms. The maximum atomic E-state index is 12.4. The lowest BCUT2D eigenvalue weighted by Crippen LogP contribution is -2.40. The molecule has 0 unspecified atom stereocenters. The summed E-state index contributed by atoms with van der Waals surface area (Å²) in [7, 11) is 0. The highest BCUT2D eigenvalue weighted by Gasteiger charge is 2.26. The molecule has 2 N–H and O–H groups in total. The van der Waals surface area contributed by atoms with E-state index < -0.39 is 0 Å². The van der Waals surface area contributed by atoms with Gasteiger partial charge in [0.25, 0.3) is 11.8 Å². The van der Waals surface area contributed by atoms with Gasteiger partial charge in [-0.3, -0.25) is 19.7 Å². The number of ether oxygens (including phenoxy) is 1. The van der Waals surface area contributed by atoms with Gasteiger partial charge < -0.3 is 19.4 Å². The number of rotatable bonds is 7. The zero-order chi connectivity index (χ0) is 20.8. The second-order valence-electron chi connectivity index (χ2n) is 7.10. The third kappa shape index (κ3) is 4.86. The zero-order valence-corrected chi connectivity index (χ0v) is 16.4. The molecule has 156 valence electrons. The third-order valence-electron chi connectivity index (χ3n) is 5.12. The van der Waals surface area contributed by atoms with Crippen molar-refractivity contribution in [3.05, 3.63) is 66.1 Å². The molecule has 1 saturated heterocycles. The van der Waals surface area contributed by atoms with Gasteiger partial charge in [-0.2, -0.15) is 5.10 Å². The summed E-state index contributed by atoms with van der Waals surface area (Å²) < 4.78 is 10.7. The summed E-state index contributed by atoms with van der Waals surface area (Å²) in [5, 5.41) is 9.89. The van der Waals surface area contributed by atoms with E-state index in [1.54, 1.807) is 53.9 Å². The largest absolute Gasteiger partial charge is 0.482 e. The Balaban J connectivity index is 1.24. The second kappa shape index (κ2) is 9.25. The van der Waals surface area contributed by atoms with Crippen LogP contribution < -0.4 is 10.1 Å². The Labute approximate surface area is 173 Å². The molecule has 3 aromatic rings. The normalized spacial score (nSPS) is 14.5. The van der Waals surface area contributed by atoms with Crippen molar-refractivity contribution in [2.45, 2.75) is 25.3 Å². The van der Waals surface area contributed by atoms with Crippen molar-refractivity contribution in [1.29, 1.82) is 0 Å². The van der Waals surface area contributed by atoms with Gasteiger partial charge in [-0.1, -0.05) is 0 Å². The van der Waals surface area contributed by atoms with E-state index >= 15 is 0 Å². The van der Waals surface area contributed by atoms with Crippen LogP contribution in [0.2, 0.25) is 0 Å². The first kappa shape index (κ1) is 19.7. The predicted octanol–water partition coefficient (Wildman–Crippen LogP) is 2.11. The first-order chi connectivity index (χ1) is 14.7. The van der Waals surface area contributed by atoms with Crippen LogP contribution in [0.5, 0.6) is 5.75 Å². The Hall–Kier alpha value is -3.62. The Morgan fingerprint density at radius 2 is 2.13 bits per heavy atom. The summed E-state index contributed by atoms with van der Waals surface area (Å²) in [6, 6.07) is 8.89. The molecule has 4 rings (SSSR count). The van der Waals surface area contributed by atoms with E-state index in [-0.39, 0.29) is 24.3 Å². The van der Waals surface area contributed by atoms with E-state index in [2.05, 4.69) is 20.5 Å². The zero-order valence-electron chi connectivity index (χ0n) is 16.4. The van der Waals surface area contributed by atoms with Gasteiger partial charge >= 0.3 is 0 Å². The van der Waals surface area contributed by atoms with Crippen molar-refractivity contribution in [1.82, 2.24) is 25.4 Å². The van der Waals surface area contributed by atoms with Gasteiger partial charge in [-0.25, -0.2) is 0 Å². The van der Waals surface area contributed by atoms with Crippen LogP contribution in [-0.4, -0.2) is 51.6 Å². The number of likely N-dealkylation sites (tertiary alicyclic amines) is 1. The Morgan fingerprint density at radius 3 is 2.87 bits per heavy atom. The van der Waals surface area contributed by atoms with Crippen molar-refractivity contribution in [2.24, 2.45) is 0 Å².